The van der Waals surface area contributed by atoms with Crippen molar-refractivity contribution in [2.24, 2.45) is 0 Å². The van der Waals surface area contributed by atoms with Gasteiger partial charge in [0, 0.05) is 5.56 Å². The summed E-state index contributed by atoms with van der Waals surface area (Å²) in [6.45, 7) is 9.13. The number of ether oxygens (including phenoxy) is 2. The molecule has 3 rings (SSSR count). The van der Waals surface area contributed by atoms with Crippen molar-refractivity contribution in [1.82, 2.24) is 0 Å². The van der Waals surface area contributed by atoms with Gasteiger partial charge in [-0.3, -0.25) is 0 Å². The Morgan fingerprint density at radius 2 is 1.62 bits per heavy atom. The molecule has 0 saturated carbocycles. The van der Waals surface area contributed by atoms with Gasteiger partial charge in [-0.05, 0) is 38.7 Å². The molecule has 0 aromatic heterocycles. The van der Waals surface area contributed by atoms with Crippen molar-refractivity contribution in [3.05, 3.63) is 40.9 Å². The fourth-order valence-electron chi connectivity index (χ4n) is 2.70. The lowest BCUT2D eigenvalue weighted by Crippen LogP contribution is -2.41. The maximum atomic E-state index is 9.75. The van der Waals surface area contributed by atoms with E-state index in [1.165, 1.54) is 0 Å². The van der Waals surface area contributed by atoms with E-state index in [4.69, 9.17) is 18.8 Å². The summed E-state index contributed by atoms with van der Waals surface area (Å²) in [6.07, 6.45) is 1.63. The van der Waals surface area contributed by atoms with Gasteiger partial charge in [-0.15, -0.1) is 0 Å². The van der Waals surface area contributed by atoms with E-state index in [0.717, 1.165) is 11.1 Å². The smallest absolute Gasteiger partial charge is 0.400 e. The highest BCUT2D eigenvalue weighted by Crippen LogP contribution is 2.38. The molecule has 0 atom stereocenters. The Kier molecular flexibility index (Phi) is 4.86. The summed E-state index contributed by atoms with van der Waals surface area (Å²) in [5.41, 5.74) is 1.82. The monoisotopic (exact) mass is 332 g/mol. The molecule has 0 aliphatic carbocycles. The first-order valence-corrected chi connectivity index (χ1v) is 8.32. The maximum absolute atomic E-state index is 9.75. The molecule has 0 unspecified atom stereocenters. The first kappa shape index (κ1) is 17.6. The third-order valence-corrected chi connectivity index (χ3v) is 4.92. The quantitative estimate of drug-likeness (QED) is 0.859. The van der Waals surface area contributed by atoms with Crippen molar-refractivity contribution < 1.29 is 23.9 Å². The number of benzene rings is 1. The molecule has 0 amide bonds. The fraction of sp³-hybridized carbons (Fsp3) is 0.556. The predicted molar refractivity (Wildman–Crippen MR) is 92.2 cm³/mol. The molecule has 0 radical (unpaired) electrons. The Balaban J connectivity index is 1.76. The van der Waals surface area contributed by atoms with Crippen LogP contribution in [0.3, 0.4) is 0 Å². The highest BCUT2D eigenvalue weighted by Gasteiger charge is 2.52. The van der Waals surface area contributed by atoms with Crippen LogP contribution in [0.2, 0.25) is 0 Å². The summed E-state index contributed by atoms with van der Waals surface area (Å²) in [5, 5.41) is 9.75. The third kappa shape index (κ3) is 3.43. The lowest BCUT2D eigenvalue weighted by atomic mass is 9.77. The van der Waals surface area contributed by atoms with Crippen molar-refractivity contribution >= 4 is 13.2 Å². The standard InChI is InChI=1S/C18H25BO5/c1-17(2)18(3,4)24-19(23-17)15(12-20)11-13-5-7-14(8-6-13)16-21-9-10-22-16/h5-8,11,16,20H,9-10,12H2,1-4H3. The molecule has 0 spiro atoms. The molecule has 130 valence electrons. The minimum atomic E-state index is -0.541. The minimum Gasteiger partial charge on any atom is -0.400 e. The van der Waals surface area contributed by atoms with Crippen molar-refractivity contribution in [1.29, 1.82) is 0 Å². The SMILES string of the molecule is CC1(C)OB(C(=Cc2ccc(C3OCCO3)cc2)CO)OC1(C)C. The van der Waals surface area contributed by atoms with Gasteiger partial charge < -0.3 is 23.9 Å². The van der Waals surface area contributed by atoms with E-state index < -0.39 is 18.3 Å². The summed E-state index contributed by atoms with van der Waals surface area (Å²) in [5.74, 6) is 0. The molecule has 2 heterocycles. The van der Waals surface area contributed by atoms with Crippen molar-refractivity contribution in [2.75, 3.05) is 19.8 Å². The van der Waals surface area contributed by atoms with Crippen LogP contribution in [0.4, 0.5) is 0 Å². The Hall–Kier alpha value is -1.18. The van der Waals surface area contributed by atoms with Gasteiger partial charge >= 0.3 is 7.12 Å². The molecule has 2 aliphatic heterocycles. The second-order valence-electron chi connectivity index (χ2n) is 7.21. The topological polar surface area (TPSA) is 57.2 Å². The van der Waals surface area contributed by atoms with E-state index >= 15 is 0 Å². The van der Waals surface area contributed by atoms with Gasteiger partial charge in [-0.1, -0.05) is 30.3 Å². The first-order valence-electron chi connectivity index (χ1n) is 8.32. The molecule has 1 aromatic carbocycles. The average Bonchev–Trinajstić information content (AvgIpc) is 3.12. The summed E-state index contributed by atoms with van der Waals surface area (Å²) in [7, 11) is -0.541. The van der Waals surface area contributed by atoms with Crippen LogP contribution in [0.25, 0.3) is 6.08 Å². The summed E-state index contributed by atoms with van der Waals surface area (Å²) in [4.78, 5) is 0. The Labute approximate surface area is 143 Å². The third-order valence-electron chi connectivity index (χ3n) is 4.92. The molecular formula is C18H25BO5. The molecular weight excluding hydrogens is 307 g/mol. The highest BCUT2D eigenvalue weighted by molar-refractivity contribution is 6.55. The van der Waals surface area contributed by atoms with Gasteiger partial charge in [0.05, 0.1) is 31.0 Å². The van der Waals surface area contributed by atoms with Gasteiger partial charge in [0.1, 0.15) is 0 Å². The van der Waals surface area contributed by atoms with Gasteiger partial charge in [-0.25, -0.2) is 0 Å². The van der Waals surface area contributed by atoms with Crippen LogP contribution in [0.15, 0.2) is 29.7 Å². The van der Waals surface area contributed by atoms with Crippen molar-refractivity contribution in [3.63, 3.8) is 0 Å². The zero-order valence-electron chi connectivity index (χ0n) is 14.7. The van der Waals surface area contributed by atoms with E-state index in [1.54, 1.807) is 0 Å². The van der Waals surface area contributed by atoms with E-state index in [0.29, 0.717) is 18.7 Å². The minimum absolute atomic E-state index is 0.118. The molecule has 6 heteroatoms. The number of hydrogen-bond donors (Lipinski definition) is 1. The van der Waals surface area contributed by atoms with Crippen LogP contribution in [0.1, 0.15) is 45.1 Å². The van der Waals surface area contributed by atoms with Crippen molar-refractivity contribution in [2.45, 2.75) is 45.2 Å². The number of hydrogen-bond acceptors (Lipinski definition) is 5. The molecule has 0 bridgehead atoms. The van der Waals surface area contributed by atoms with Gasteiger partial charge in [0.25, 0.3) is 0 Å². The van der Waals surface area contributed by atoms with E-state index in [-0.39, 0.29) is 12.9 Å². The molecule has 1 aromatic rings. The number of rotatable bonds is 4. The summed E-state index contributed by atoms with van der Waals surface area (Å²) >= 11 is 0. The average molecular weight is 332 g/mol. The van der Waals surface area contributed by atoms with Crippen molar-refractivity contribution in [3.8, 4) is 0 Å². The van der Waals surface area contributed by atoms with Crippen LogP contribution in [0.5, 0.6) is 0 Å². The van der Waals surface area contributed by atoms with Gasteiger partial charge in [0.2, 0.25) is 0 Å². The fourth-order valence-corrected chi connectivity index (χ4v) is 2.70. The van der Waals surface area contributed by atoms with Crippen LogP contribution in [0, 0.1) is 0 Å². The highest BCUT2D eigenvalue weighted by atomic mass is 16.7. The zero-order valence-corrected chi connectivity index (χ0v) is 14.7. The van der Waals surface area contributed by atoms with Crippen LogP contribution in [-0.2, 0) is 18.8 Å². The van der Waals surface area contributed by atoms with Crippen LogP contribution >= 0.6 is 0 Å². The summed E-state index contributed by atoms with van der Waals surface area (Å²) < 4.78 is 23.0. The lowest BCUT2D eigenvalue weighted by molar-refractivity contribution is -0.0441. The molecule has 5 nitrogen and oxygen atoms in total. The molecule has 2 fully saturated rings. The van der Waals surface area contributed by atoms with Crippen LogP contribution < -0.4 is 0 Å². The van der Waals surface area contributed by atoms with Gasteiger partial charge in [-0.2, -0.15) is 0 Å². The van der Waals surface area contributed by atoms with E-state index in [2.05, 4.69) is 0 Å². The second kappa shape index (κ2) is 6.62. The molecule has 1 N–H and O–H groups in total. The Morgan fingerprint density at radius 1 is 1.08 bits per heavy atom. The van der Waals surface area contributed by atoms with E-state index in [1.807, 2.05) is 58.0 Å². The second-order valence-corrected chi connectivity index (χ2v) is 7.21. The summed E-state index contributed by atoms with van der Waals surface area (Å²) in [6, 6.07) is 7.89. The van der Waals surface area contributed by atoms with Gasteiger partial charge in [0.15, 0.2) is 6.29 Å². The number of aliphatic hydroxyl groups is 1. The maximum Gasteiger partial charge on any atom is 0.492 e. The first-order chi connectivity index (χ1) is 11.3. The zero-order chi connectivity index (χ0) is 17.4. The predicted octanol–water partition coefficient (Wildman–Crippen LogP) is 2.74. The number of aliphatic hydroxyl groups excluding tert-OH is 1. The lowest BCUT2D eigenvalue weighted by Gasteiger charge is -2.32. The molecule has 2 aliphatic rings. The van der Waals surface area contributed by atoms with E-state index in [9.17, 15) is 5.11 Å². The molecule has 2 saturated heterocycles. The largest absolute Gasteiger partial charge is 0.492 e. The molecule has 24 heavy (non-hydrogen) atoms. The Morgan fingerprint density at radius 3 is 2.12 bits per heavy atom. The Bertz CT molecular complexity index is 586. The normalized spacial score (nSPS) is 23.9. The van der Waals surface area contributed by atoms with Crippen LogP contribution in [-0.4, -0.2) is 43.2 Å².